The second-order valence-corrected chi connectivity index (χ2v) is 4.54. The van der Waals surface area contributed by atoms with Crippen LogP contribution in [0.15, 0.2) is 5.38 Å². The summed E-state index contributed by atoms with van der Waals surface area (Å²) in [5, 5.41) is 5.46. The highest BCUT2D eigenvalue weighted by Crippen LogP contribution is 2.16. The second kappa shape index (κ2) is 5.82. The molecule has 0 unspecified atom stereocenters. The molecule has 5 heteroatoms. The first-order valence-corrected chi connectivity index (χ1v) is 5.88. The molecule has 84 valence electrons. The van der Waals surface area contributed by atoms with Gasteiger partial charge in [-0.25, -0.2) is 4.98 Å². The van der Waals surface area contributed by atoms with Crippen molar-refractivity contribution in [3.63, 3.8) is 0 Å². The van der Waals surface area contributed by atoms with E-state index in [0.29, 0.717) is 11.6 Å². The Kier molecular flexibility index (Phi) is 4.71. The zero-order chi connectivity index (χ0) is 11.3. The summed E-state index contributed by atoms with van der Waals surface area (Å²) < 4.78 is 0. The lowest BCUT2D eigenvalue weighted by Gasteiger charge is -2.05. The Labute approximate surface area is 94.3 Å². The molecule has 0 radical (unpaired) electrons. The van der Waals surface area contributed by atoms with Crippen LogP contribution >= 0.6 is 11.3 Å². The average Bonchev–Trinajstić information content (AvgIpc) is 2.51. The fourth-order valence-electron chi connectivity index (χ4n) is 1.17. The normalized spacial score (nSPS) is 10.7. The Morgan fingerprint density at radius 2 is 2.33 bits per heavy atom. The van der Waals surface area contributed by atoms with E-state index in [1.165, 1.54) is 11.3 Å². The van der Waals surface area contributed by atoms with E-state index >= 15 is 0 Å². The Morgan fingerprint density at radius 3 is 2.93 bits per heavy atom. The smallest absolute Gasteiger partial charge is 0.226 e. The molecule has 1 aromatic rings. The van der Waals surface area contributed by atoms with Gasteiger partial charge in [0, 0.05) is 18.3 Å². The number of carbonyl (C=O) groups is 1. The van der Waals surface area contributed by atoms with Gasteiger partial charge in [-0.05, 0) is 20.5 Å². The molecule has 0 fully saturated rings. The van der Waals surface area contributed by atoms with E-state index in [-0.39, 0.29) is 5.91 Å². The van der Waals surface area contributed by atoms with Gasteiger partial charge >= 0.3 is 0 Å². The van der Waals surface area contributed by atoms with Gasteiger partial charge in [0.05, 0.1) is 5.69 Å². The number of aromatic nitrogens is 1. The molecular formula is C10H17N3OS. The molecule has 0 saturated carbocycles. The number of thiazole rings is 1. The molecule has 0 aliphatic rings. The van der Waals surface area contributed by atoms with E-state index in [1.807, 2.05) is 31.3 Å². The van der Waals surface area contributed by atoms with Gasteiger partial charge in [0.25, 0.3) is 0 Å². The molecule has 1 aromatic heterocycles. The number of amides is 1. The van der Waals surface area contributed by atoms with Crippen LogP contribution in [0, 0.1) is 0 Å². The first kappa shape index (κ1) is 12.1. The third-order valence-electron chi connectivity index (χ3n) is 1.75. The SMILES string of the molecule is CCCC(=O)Nc1nc(CN(C)C)cs1. The molecule has 1 N–H and O–H groups in total. The minimum Gasteiger partial charge on any atom is -0.304 e. The summed E-state index contributed by atoms with van der Waals surface area (Å²) in [5.41, 5.74) is 0.997. The van der Waals surface area contributed by atoms with E-state index in [1.54, 1.807) is 0 Å². The third-order valence-corrected chi connectivity index (χ3v) is 2.56. The molecule has 0 aliphatic heterocycles. The number of nitrogens with one attached hydrogen (secondary N) is 1. The molecule has 1 amide bonds. The van der Waals surface area contributed by atoms with Gasteiger partial charge in [-0.15, -0.1) is 11.3 Å². The lowest BCUT2D eigenvalue weighted by Crippen LogP contribution is -2.12. The van der Waals surface area contributed by atoms with Gasteiger partial charge in [-0.2, -0.15) is 0 Å². The Hall–Kier alpha value is -0.940. The standard InChI is InChI=1S/C10H17N3OS/c1-4-5-9(14)12-10-11-8(7-15-10)6-13(2)3/h7H,4-6H2,1-3H3,(H,11,12,14). The van der Waals surface area contributed by atoms with Gasteiger partial charge < -0.3 is 10.2 Å². The molecule has 1 rings (SSSR count). The number of hydrogen-bond acceptors (Lipinski definition) is 4. The molecule has 0 saturated heterocycles. The molecule has 0 aromatic carbocycles. The van der Waals surface area contributed by atoms with Crippen molar-refractivity contribution in [1.82, 2.24) is 9.88 Å². The largest absolute Gasteiger partial charge is 0.304 e. The summed E-state index contributed by atoms with van der Waals surface area (Å²) in [5.74, 6) is 0.0447. The number of carbonyl (C=O) groups excluding carboxylic acids is 1. The average molecular weight is 227 g/mol. The van der Waals surface area contributed by atoms with Gasteiger partial charge in [0.2, 0.25) is 5.91 Å². The zero-order valence-corrected chi connectivity index (χ0v) is 10.2. The van der Waals surface area contributed by atoms with Crippen molar-refractivity contribution in [1.29, 1.82) is 0 Å². The minimum absolute atomic E-state index is 0.0447. The number of hydrogen-bond donors (Lipinski definition) is 1. The Balaban J connectivity index is 2.49. The monoisotopic (exact) mass is 227 g/mol. The number of nitrogens with zero attached hydrogens (tertiary/aromatic N) is 2. The van der Waals surface area contributed by atoms with Crippen LogP contribution in [0.4, 0.5) is 5.13 Å². The molecular weight excluding hydrogens is 210 g/mol. The molecule has 0 spiro atoms. The lowest BCUT2D eigenvalue weighted by atomic mass is 10.3. The fraction of sp³-hybridized carbons (Fsp3) is 0.600. The number of anilines is 1. The van der Waals surface area contributed by atoms with E-state index in [2.05, 4.69) is 10.3 Å². The van der Waals surface area contributed by atoms with E-state index in [4.69, 9.17) is 0 Å². The van der Waals surface area contributed by atoms with Crippen LogP contribution in [0.3, 0.4) is 0 Å². The Morgan fingerprint density at radius 1 is 1.60 bits per heavy atom. The summed E-state index contributed by atoms with van der Waals surface area (Å²) in [4.78, 5) is 17.7. The molecule has 0 atom stereocenters. The van der Waals surface area contributed by atoms with Crippen LogP contribution in [-0.2, 0) is 11.3 Å². The maximum atomic E-state index is 11.3. The van der Waals surface area contributed by atoms with E-state index < -0.39 is 0 Å². The first-order valence-electron chi connectivity index (χ1n) is 5.00. The van der Waals surface area contributed by atoms with Gasteiger partial charge in [0.15, 0.2) is 5.13 Å². The van der Waals surface area contributed by atoms with Crippen LogP contribution in [0.25, 0.3) is 0 Å². The summed E-state index contributed by atoms with van der Waals surface area (Å²) in [6.07, 6.45) is 1.42. The highest BCUT2D eigenvalue weighted by atomic mass is 32.1. The second-order valence-electron chi connectivity index (χ2n) is 3.68. The van der Waals surface area contributed by atoms with Crippen LogP contribution in [0.2, 0.25) is 0 Å². The van der Waals surface area contributed by atoms with Crippen LogP contribution in [0.1, 0.15) is 25.5 Å². The Bertz CT molecular complexity index is 322. The van der Waals surface area contributed by atoms with Crippen LogP contribution in [0.5, 0.6) is 0 Å². The quantitative estimate of drug-likeness (QED) is 0.836. The molecule has 15 heavy (non-hydrogen) atoms. The summed E-state index contributed by atoms with van der Waals surface area (Å²) >= 11 is 1.48. The van der Waals surface area contributed by atoms with Gasteiger partial charge in [-0.1, -0.05) is 6.92 Å². The predicted octanol–water partition coefficient (Wildman–Crippen LogP) is 1.94. The van der Waals surface area contributed by atoms with Crippen molar-refractivity contribution in [2.45, 2.75) is 26.3 Å². The molecule has 0 bridgehead atoms. The van der Waals surface area contributed by atoms with Crippen molar-refractivity contribution in [3.8, 4) is 0 Å². The van der Waals surface area contributed by atoms with Crippen molar-refractivity contribution >= 4 is 22.4 Å². The van der Waals surface area contributed by atoms with Gasteiger partial charge in [0.1, 0.15) is 0 Å². The summed E-state index contributed by atoms with van der Waals surface area (Å²) in [6, 6.07) is 0. The maximum absolute atomic E-state index is 11.3. The topological polar surface area (TPSA) is 45.2 Å². The molecule has 0 aliphatic carbocycles. The molecule has 4 nitrogen and oxygen atoms in total. The van der Waals surface area contributed by atoms with Crippen molar-refractivity contribution in [3.05, 3.63) is 11.1 Å². The fourth-order valence-corrected chi connectivity index (χ4v) is 1.89. The minimum atomic E-state index is 0.0447. The third kappa shape index (κ3) is 4.40. The highest BCUT2D eigenvalue weighted by molar-refractivity contribution is 7.13. The van der Waals surface area contributed by atoms with Crippen molar-refractivity contribution < 1.29 is 4.79 Å². The first-order chi connectivity index (χ1) is 7.11. The number of rotatable bonds is 5. The van der Waals surface area contributed by atoms with E-state index in [9.17, 15) is 4.79 Å². The van der Waals surface area contributed by atoms with Crippen LogP contribution in [-0.4, -0.2) is 29.9 Å². The van der Waals surface area contributed by atoms with Crippen molar-refractivity contribution in [2.75, 3.05) is 19.4 Å². The lowest BCUT2D eigenvalue weighted by molar-refractivity contribution is -0.116. The molecule has 1 heterocycles. The van der Waals surface area contributed by atoms with Crippen molar-refractivity contribution in [2.24, 2.45) is 0 Å². The van der Waals surface area contributed by atoms with Gasteiger partial charge in [-0.3, -0.25) is 4.79 Å². The summed E-state index contributed by atoms with van der Waals surface area (Å²) in [7, 11) is 3.99. The predicted molar refractivity (Wildman–Crippen MR) is 63.0 cm³/mol. The summed E-state index contributed by atoms with van der Waals surface area (Å²) in [6.45, 7) is 2.79. The highest BCUT2D eigenvalue weighted by Gasteiger charge is 2.05. The maximum Gasteiger partial charge on any atom is 0.226 e. The van der Waals surface area contributed by atoms with E-state index in [0.717, 1.165) is 18.7 Å². The zero-order valence-electron chi connectivity index (χ0n) is 9.41. The van der Waals surface area contributed by atoms with Crippen LogP contribution < -0.4 is 5.32 Å².